The highest BCUT2D eigenvalue weighted by Crippen LogP contribution is 2.34. The molecule has 2 amide bonds. The van der Waals surface area contributed by atoms with E-state index in [4.69, 9.17) is 0 Å². The number of rotatable bonds is 7. The fourth-order valence-corrected chi connectivity index (χ4v) is 2.67. The van der Waals surface area contributed by atoms with Crippen LogP contribution in [0.25, 0.3) is 0 Å². The molecular weight excluding hydrogens is 430 g/mol. The third kappa shape index (κ3) is 7.50. The van der Waals surface area contributed by atoms with Crippen molar-refractivity contribution < 1.29 is 40.7 Å². The molecule has 11 heteroatoms. The van der Waals surface area contributed by atoms with Crippen molar-refractivity contribution >= 4 is 17.5 Å². The Morgan fingerprint density at radius 3 is 2.13 bits per heavy atom. The van der Waals surface area contributed by atoms with Crippen LogP contribution in [0.5, 0.6) is 5.75 Å². The molecule has 0 aliphatic rings. The number of carbonyl (C=O) groups excluding carboxylic acids is 2. The third-order valence-corrected chi connectivity index (χ3v) is 4.09. The highest BCUT2D eigenvalue weighted by atomic mass is 19.4. The molecule has 0 heterocycles. The lowest BCUT2D eigenvalue weighted by Gasteiger charge is -2.21. The molecule has 0 aliphatic heterocycles. The first-order valence-corrected chi connectivity index (χ1v) is 8.97. The maximum Gasteiger partial charge on any atom is 0.573 e. The van der Waals surface area contributed by atoms with Gasteiger partial charge in [0.15, 0.2) is 0 Å². The summed E-state index contributed by atoms with van der Waals surface area (Å²) in [6, 6.07) is 9.08. The van der Waals surface area contributed by atoms with Gasteiger partial charge in [-0.3, -0.25) is 9.59 Å². The highest BCUT2D eigenvalue weighted by molar-refractivity contribution is 5.95. The number of anilines is 1. The number of nitrogens with one attached hydrogen (secondary N) is 1. The predicted octanol–water partition coefficient (Wildman–Crippen LogP) is 4.63. The number of hydrogen-bond donors (Lipinski definition) is 1. The number of hydrogen-bond acceptors (Lipinski definition) is 3. The molecule has 0 fully saturated rings. The highest BCUT2D eigenvalue weighted by Gasteiger charge is 2.34. The number of carbonyl (C=O) groups is 2. The molecule has 0 saturated carbocycles. The molecule has 0 unspecified atom stereocenters. The topological polar surface area (TPSA) is 58.6 Å². The number of benzene rings is 2. The van der Waals surface area contributed by atoms with Crippen LogP contribution >= 0.6 is 0 Å². The fourth-order valence-electron chi connectivity index (χ4n) is 2.67. The van der Waals surface area contributed by atoms with Gasteiger partial charge in [-0.05, 0) is 36.8 Å². The summed E-state index contributed by atoms with van der Waals surface area (Å²) >= 11 is 0. The second kappa shape index (κ2) is 9.71. The number of nitrogens with zero attached hydrogens (tertiary/aromatic N) is 1. The lowest BCUT2D eigenvalue weighted by atomic mass is 10.1. The normalized spacial score (nSPS) is 11.7. The summed E-state index contributed by atoms with van der Waals surface area (Å²) in [7, 11) is 0. The zero-order chi connectivity index (χ0) is 23.2. The molecule has 0 spiro atoms. The van der Waals surface area contributed by atoms with Crippen molar-refractivity contribution in [1.82, 2.24) is 4.90 Å². The number of alkyl halides is 6. The molecule has 0 bridgehead atoms. The van der Waals surface area contributed by atoms with Crippen LogP contribution in [-0.2, 0) is 22.2 Å². The van der Waals surface area contributed by atoms with Crippen molar-refractivity contribution in [3.63, 3.8) is 0 Å². The third-order valence-electron chi connectivity index (χ3n) is 4.09. The van der Waals surface area contributed by atoms with Gasteiger partial charge < -0.3 is 15.0 Å². The van der Waals surface area contributed by atoms with E-state index in [1.807, 2.05) is 0 Å². The molecule has 0 radical (unpaired) electrons. The van der Waals surface area contributed by atoms with Gasteiger partial charge in [-0.2, -0.15) is 13.2 Å². The van der Waals surface area contributed by atoms with Crippen LogP contribution in [0.4, 0.5) is 32.0 Å². The summed E-state index contributed by atoms with van der Waals surface area (Å²) in [6.45, 7) is 1.19. The molecule has 5 nitrogen and oxygen atoms in total. The molecule has 2 aromatic carbocycles. The summed E-state index contributed by atoms with van der Waals surface area (Å²) in [5, 5.41) is 2.15. The van der Waals surface area contributed by atoms with E-state index < -0.39 is 47.9 Å². The Morgan fingerprint density at radius 1 is 0.968 bits per heavy atom. The summed E-state index contributed by atoms with van der Waals surface area (Å²) in [4.78, 5) is 25.7. The summed E-state index contributed by atoms with van der Waals surface area (Å²) in [5.74, 6) is -1.79. The molecular formula is C20H18F6N2O3. The zero-order valence-corrected chi connectivity index (χ0v) is 16.2. The van der Waals surface area contributed by atoms with Gasteiger partial charge in [-0.15, -0.1) is 13.2 Å². The maximum atomic E-state index is 13.0. The maximum absolute atomic E-state index is 13.0. The Morgan fingerprint density at radius 2 is 1.58 bits per heavy atom. The van der Waals surface area contributed by atoms with Crippen LogP contribution in [0.1, 0.15) is 18.1 Å². The van der Waals surface area contributed by atoms with E-state index in [0.29, 0.717) is 5.56 Å². The van der Waals surface area contributed by atoms with Crippen molar-refractivity contribution in [2.45, 2.75) is 25.9 Å². The zero-order valence-electron chi connectivity index (χ0n) is 16.2. The first-order valence-electron chi connectivity index (χ1n) is 8.97. The molecule has 168 valence electrons. The predicted molar refractivity (Wildman–Crippen MR) is 99.2 cm³/mol. The smallest absolute Gasteiger partial charge is 0.406 e. The second-order valence-electron chi connectivity index (χ2n) is 6.37. The van der Waals surface area contributed by atoms with E-state index in [1.54, 1.807) is 6.92 Å². The van der Waals surface area contributed by atoms with E-state index in [9.17, 15) is 35.9 Å². The van der Waals surface area contributed by atoms with Gasteiger partial charge >= 0.3 is 12.5 Å². The van der Waals surface area contributed by atoms with Gasteiger partial charge in [-0.25, -0.2) is 0 Å². The summed E-state index contributed by atoms with van der Waals surface area (Å²) in [6.07, 6.45) is -9.72. The van der Waals surface area contributed by atoms with Crippen molar-refractivity contribution in [1.29, 1.82) is 0 Å². The van der Waals surface area contributed by atoms with E-state index in [2.05, 4.69) is 10.1 Å². The van der Waals surface area contributed by atoms with Gasteiger partial charge in [0.25, 0.3) is 0 Å². The molecule has 0 aromatic heterocycles. The fraction of sp³-hybridized carbons (Fsp3) is 0.300. The van der Waals surface area contributed by atoms with Crippen molar-refractivity contribution in [3.05, 3.63) is 59.7 Å². The Balaban J connectivity index is 2.00. The summed E-state index contributed by atoms with van der Waals surface area (Å²) < 4.78 is 79.4. The molecule has 0 atom stereocenters. The van der Waals surface area contributed by atoms with Gasteiger partial charge in [-0.1, -0.05) is 24.3 Å². The van der Waals surface area contributed by atoms with Crippen LogP contribution in [0.2, 0.25) is 0 Å². The Labute approximate surface area is 173 Å². The monoisotopic (exact) mass is 448 g/mol. The van der Waals surface area contributed by atoms with E-state index in [0.717, 1.165) is 29.2 Å². The number of halogens is 6. The Hall–Kier alpha value is -3.24. The van der Waals surface area contributed by atoms with Gasteiger partial charge in [0.2, 0.25) is 11.8 Å². The molecule has 2 aromatic rings. The first-order chi connectivity index (χ1) is 14.4. The molecule has 0 saturated heterocycles. The van der Waals surface area contributed by atoms with Crippen LogP contribution < -0.4 is 10.1 Å². The minimum absolute atomic E-state index is 0.0996. The number of ether oxygens (including phenoxy) is 1. The minimum atomic E-state index is -4.84. The van der Waals surface area contributed by atoms with Crippen LogP contribution in [0.15, 0.2) is 48.5 Å². The van der Waals surface area contributed by atoms with Gasteiger partial charge in [0, 0.05) is 6.54 Å². The summed E-state index contributed by atoms with van der Waals surface area (Å²) in [5.41, 5.74) is -1.07. The van der Waals surface area contributed by atoms with Crippen molar-refractivity contribution in [2.24, 2.45) is 0 Å². The molecule has 0 aliphatic carbocycles. The quantitative estimate of drug-likeness (QED) is 0.629. The van der Waals surface area contributed by atoms with E-state index in [1.165, 1.54) is 24.3 Å². The first kappa shape index (κ1) is 24.0. The average molecular weight is 448 g/mol. The SMILES string of the molecule is CCN(CC(=O)Nc1ccccc1C(F)(F)F)C(=O)Cc1ccc(OC(F)(F)F)cc1. The molecule has 1 N–H and O–H groups in total. The Kier molecular flexibility index (Phi) is 7.53. The van der Waals surface area contributed by atoms with Crippen molar-refractivity contribution in [2.75, 3.05) is 18.4 Å². The van der Waals surface area contributed by atoms with Crippen LogP contribution in [0.3, 0.4) is 0 Å². The van der Waals surface area contributed by atoms with Crippen molar-refractivity contribution in [3.8, 4) is 5.75 Å². The van der Waals surface area contributed by atoms with Crippen LogP contribution in [-0.4, -0.2) is 36.2 Å². The van der Waals surface area contributed by atoms with E-state index >= 15 is 0 Å². The largest absolute Gasteiger partial charge is 0.573 e. The Bertz CT molecular complexity index is 910. The number of para-hydroxylation sites is 1. The van der Waals surface area contributed by atoms with Gasteiger partial charge in [0.1, 0.15) is 5.75 Å². The number of amides is 2. The lowest BCUT2D eigenvalue weighted by Crippen LogP contribution is -2.38. The minimum Gasteiger partial charge on any atom is -0.406 e. The van der Waals surface area contributed by atoms with E-state index in [-0.39, 0.29) is 13.0 Å². The average Bonchev–Trinajstić information content (AvgIpc) is 2.66. The molecule has 31 heavy (non-hydrogen) atoms. The number of likely N-dealkylation sites (N-methyl/N-ethyl adjacent to an activating group) is 1. The second-order valence-corrected chi connectivity index (χ2v) is 6.37. The standard InChI is InChI=1S/C20H18F6N2O3/c1-2-28(12-17(29)27-16-6-4-3-5-15(16)19(21,22)23)18(30)11-13-7-9-14(10-8-13)31-20(24,25)26/h3-10H,2,11-12H2,1H3,(H,27,29). The van der Waals surface area contributed by atoms with Crippen LogP contribution in [0, 0.1) is 0 Å². The molecule has 2 rings (SSSR count). The van der Waals surface area contributed by atoms with Gasteiger partial charge in [0.05, 0.1) is 24.2 Å². The lowest BCUT2D eigenvalue weighted by molar-refractivity contribution is -0.274.